The van der Waals surface area contributed by atoms with Crippen molar-refractivity contribution in [2.45, 2.75) is 26.0 Å². The summed E-state index contributed by atoms with van der Waals surface area (Å²) in [5, 5.41) is 9.22. The van der Waals surface area contributed by atoms with Gasteiger partial charge in [0.15, 0.2) is 0 Å². The van der Waals surface area contributed by atoms with Crippen LogP contribution in [0.5, 0.6) is 0 Å². The number of rotatable bonds is 2. The second kappa shape index (κ2) is 5.38. The molecule has 0 saturated carbocycles. The molecule has 2 unspecified atom stereocenters. The lowest BCUT2D eigenvalue weighted by Gasteiger charge is -2.36. The molecule has 2 N–H and O–H groups in total. The number of hydrogen-bond acceptors (Lipinski definition) is 4. The molecule has 96 valence electrons. The first kappa shape index (κ1) is 12.9. The average molecular weight is 245 g/mol. The number of benzene rings is 1. The standard InChI is InChI=1S/C14H19N3O/c1-10-3-4-13(12(7-10)8-15)17-5-6-18-14(9-17)11(2)16/h3-4,7,11,14H,5-6,9,16H2,1-2H3. The summed E-state index contributed by atoms with van der Waals surface area (Å²) in [4.78, 5) is 2.19. The van der Waals surface area contributed by atoms with Crippen molar-refractivity contribution in [1.82, 2.24) is 0 Å². The maximum absolute atomic E-state index is 9.22. The van der Waals surface area contributed by atoms with E-state index in [-0.39, 0.29) is 12.1 Å². The lowest BCUT2D eigenvalue weighted by Crippen LogP contribution is -2.49. The normalized spacial score (nSPS) is 21.4. The largest absolute Gasteiger partial charge is 0.373 e. The lowest BCUT2D eigenvalue weighted by molar-refractivity contribution is 0.0276. The molecule has 0 bridgehead atoms. The third-order valence-electron chi connectivity index (χ3n) is 3.29. The topological polar surface area (TPSA) is 62.3 Å². The summed E-state index contributed by atoms with van der Waals surface area (Å²) in [7, 11) is 0. The Labute approximate surface area is 108 Å². The predicted molar refractivity (Wildman–Crippen MR) is 71.5 cm³/mol. The Kier molecular flexibility index (Phi) is 3.85. The third kappa shape index (κ3) is 2.63. The second-order valence-electron chi connectivity index (χ2n) is 4.85. The molecule has 2 rings (SSSR count). The zero-order valence-electron chi connectivity index (χ0n) is 10.9. The van der Waals surface area contributed by atoms with Crippen LogP contribution in [0.15, 0.2) is 18.2 Å². The van der Waals surface area contributed by atoms with Gasteiger partial charge in [-0.25, -0.2) is 0 Å². The van der Waals surface area contributed by atoms with E-state index in [4.69, 9.17) is 10.5 Å². The summed E-state index contributed by atoms with van der Waals surface area (Å²) in [5.74, 6) is 0. The van der Waals surface area contributed by atoms with Crippen LogP contribution in [-0.2, 0) is 4.74 Å². The SMILES string of the molecule is Cc1ccc(N2CCOC(C(C)N)C2)c(C#N)c1. The highest BCUT2D eigenvalue weighted by Crippen LogP contribution is 2.23. The van der Waals surface area contributed by atoms with Crippen molar-refractivity contribution in [1.29, 1.82) is 5.26 Å². The van der Waals surface area contributed by atoms with Gasteiger partial charge in [-0.2, -0.15) is 5.26 Å². The Morgan fingerprint density at radius 2 is 2.33 bits per heavy atom. The molecule has 4 nitrogen and oxygen atoms in total. The van der Waals surface area contributed by atoms with Gasteiger partial charge in [-0.15, -0.1) is 0 Å². The van der Waals surface area contributed by atoms with Crippen molar-refractivity contribution >= 4 is 5.69 Å². The fraction of sp³-hybridized carbons (Fsp3) is 0.500. The fourth-order valence-corrected chi connectivity index (χ4v) is 2.23. The number of ether oxygens (including phenoxy) is 1. The van der Waals surface area contributed by atoms with E-state index < -0.39 is 0 Å². The first-order valence-corrected chi connectivity index (χ1v) is 6.24. The van der Waals surface area contributed by atoms with Crippen molar-refractivity contribution in [3.63, 3.8) is 0 Å². The molecule has 1 fully saturated rings. The molecule has 1 aliphatic heterocycles. The zero-order valence-corrected chi connectivity index (χ0v) is 10.9. The molecule has 4 heteroatoms. The smallest absolute Gasteiger partial charge is 0.101 e. The van der Waals surface area contributed by atoms with E-state index in [2.05, 4.69) is 11.0 Å². The molecule has 0 spiro atoms. The third-order valence-corrected chi connectivity index (χ3v) is 3.29. The van der Waals surface area contributed by atoms with Gasteiger partial charge in [0.25, 0.3) is 0 Å². The summed E-state index contributed by atoms with van der Waals surface area (Å²) in [5.41, 5.74) is 8.70. The van der Waals surface area contributed by atoms with E-state index in [0.717, 1.165) is 29.9 Å². The van der Waals surface area contributed by atoms with Crippen LogP contribution in [0, 0.1) is 18.3 Å². The Hall–Kier alpha value is -1.57. The van der Waals surface area contributed by atoms with E-state index >= 15 is 0 Å². The number of nitrogens with zero attached hydrogens (tertiary/aromatic N) is 2. The highest BCUT2D eigenvalue weighted by atomic mass is 16.5. The van der Waals surface area contributed by atoms with Gasteiger partial charge in [0, 0.05) is 19.1 Å². The molecule has 1 saturated heterocycles. The molecule has 0 amide bonds. The Balaban J connectivity index is 2.23. The molecule has 1 aromatic carbocycles. The van der Waals surface area contributed by atoms with Gasteiger partial charge < -0.3 is 15.4 Å². The molecule has 1 heterocycles. The molecule has 0 aromatic heterocycles. The van der Waals surface area contributed by atoms with Crippen LogP contribution in [0.1, 0.15) is 18.1 Å². The first-order chi connectivity index (χ1) is 8.61. The monoisotopic (exact) mass is 245 g/mol. The maximum Gasteiger partial charge on any atom is 0.101 e. The summed E-state index contributed by atoms with van der Waals surface area (Å²) < 4.78 is 5.64. The molecule has 0 aliphatic carbocycles. The molecule has 2 atom stereocenters. The van der Waals surface area contributed by atoms with Crippen molar-refractivity contribution in [2.75, 3.05) is 24.6 Å². The van der Waals surface area contributed by atoms with E-state index in [1.807, 2.05) is 32.0 Å². The number of anilines is 1. The van der Waals surface area contributed by atoms with Crippen molar-refractivity contribution in [3.8, 4) is 6.07 Å². The zero-order chi connectivity index (χ0) is 13.1. The number of nitrogens with two attached hydrogens (primary N) is 1. The van der Waals surface area contributed by atoms with E-state index in [9.17, 15) is 5.26 Å². The first-order valence-electron chi connectivity index (χ1n) is 6.24. The molecule has 0 radical (unpaired) electrons. The Bertz CT molecular complexity index is 465. The summed E-state index contributed by atoms with van der Waals surface area (Å²) in [6.45, 7) is 6.16. The van der Waals surface area contributed by atoms with Crippen LogP contribution >= 0.6 is 0 Å². The van der Waals surface area contributed by atoms with Gasteiger partial charge in [0.1, 0.15) is 6.07 Å². The van der Waals surface area contributed by atoms with Gasteiger partial charge in [-0.3, -0.25) is 0 Å². The number of aryl methyl sites for hydroxylation is 1. The molecular formula is C14H19N3O. The van der Waals surface area contributed by atoms with E-state index in [1.165, 1.54) is 0 Å². The summed E-state index contributed by atoms with van der Waals surface area (Å²) in [6, 6.07) is 8.24. The van der Waals surface area contributed by atoms with Gasteiger partial charge in [-0.1, -0.05) is 6.07 Å². The molecule has 1 aliphatic rings. The number of morpholine rings is 1. The van der Waals surface area contributed by atoms with Crippen LogP contribution in [0.4, 0.5) is 5.69 Å². The highest BCUT2D eigenvalue weighted by Gasteiger charge is 2.24. The van der Waals surface area contributed by atoms with Crippen LogP contribution in [-0.4, -0.2) is 31.8 Å². The van der Waals surface area contributed by atoms with Crippen molar-refractivity contribution < 1.29 is 4.74 Å². The van der Waals surface area contributed by atoms with Crippen molar-refractivity contribution in [2.24, 2.45) is 5.73 Å². The minimum Gasteiger partial charge on any atom is -0.373 e. The lowest BCUT2D eigenvalue weighted by atomic mass is 10.1. The molecule has 18 heavy (non-hydrogen) atoms. The van der Waals surface area contributed by atoms with Crippen molar-refractivity contribution in [3.05, 3.63) is 29.3 Å². The Morgan fingerprint density at radius 1 is 1.56 bits per heavy atom. The van der Waals surface area contributed by atoms with Gasteiger partial charge in [-0.05, 0) is 31.5 Å². The number of nitriles is 1. The van der Waals surface area contributed by atoms with Gasteiger partial charge in [0.05, 0.1) is 24.0 Å². The van der Waals surface area contributed by atoms with Crippen LogP contribution in [0.3, 0.4) is 0 Å². The predicted octanol–water partition coefficient (Wildman–Crippen LogP) is 1.42. The second-order valence-corrected chi connectivity index (χ2v) is 4.85. The quantitative estimate of drug-likeness (QED) is 0.856. The molecular weight excluding hydrogens is 226 g/mol. The van der Waals surface area contributed by atoms with Crippen LogP contribution in [0.25, 0.3) is 0 Å². The highest BCUT2D eigenvalue weighted by molar-refractivity contribution is 5.60. The maximum atomic E-state index is 9.22. The van der Waals surface area contributed by atoms with Gasteiger partial charge >= 0.3 is 0 Å². The molecule has 1 aromatic rings. The van der Waals surface area contributed by atoms with Gasteiger partial charge in [0.2, 0.25) is 0 Å². The van der Waals surface area contributed by atoms with Crippen LogP contribution < -0.4 is 10.6 Å². The minimum absolute atomic E-state index is 0.00350. The van der Waals surface area contributed by atoms with E-state index in [0.29, 0.717) is 6.61 Å². The summed E-state index contributed by atoms with van der Waals surface area (Å²) in [6.07, 6.45) is 0.0339. The summed E-state index contributed by atoms with van der Waals surface area (Å²) >= 11 is 0. The number of hydrogen-bond donors (Lipinski definition) is 1. The average Bonchev–Trinajstić information content (AvgIpc) is 2.38. The van der Waals surface area contributed by atoms with E-state index in [1.54, 1.807) is 0 Å². The fourth-order valence-electron chi connectivity index (χ4n) is 2.23. The Morgan fingerprint density at radius 3 is 3.00 bits per heavy atom. The van der Waals surface area contributed by atoms with Crippen LogP contribution in [0.2, 0.25) is 0 Å². The minimum atomic E-state index is 0.00350.